The molecule has 0 radical (unpaired) electrons. The molecule has 2 heterocycles. The van der Waals surface area contributed by atoms with Crippen LogP contribution in [0.15, 0.2) is 18.3 Å². The standard InChI is InChI=1S/C16H24N2O3S/c1-13-5-4-9-17-15(13)16(7-8-16)12-18-22(19,20)11-14-6-2-3-10-21-14/h4-5,9,14,18H,2-3,6-8,10-12H2,1H3. The van der Waals surface area contributed by atoms with Gasteiger partial charge in [-0.1, -0.05) is 6.07 Å². The number of ether oxygens (including phenoxy) is 1. The van der Waals surface area contributed by atoms with E-state index in [0.717, 1.165) is 43.4 Å². The molecule has 1 aliphatic heterocycles. The van der Waals surface area contributed by atoms with Crippen LogP contribution in [-0.2, 0) is 20.2 Å². The van der Waals surface area contributed by atoms with Gasteiger partial charge in [-0.05, 0) is 50.7 Å². The van der Waals surface area contributed by atoms with Gasteiger partial charge in [-0.2, -0.15) is 0 Å². The van der Waals surface area contributed by atoms with Gasteiger partial charge in [0.25, 0.3) is 0 Å². The number of pyridine rings is 1. The maximum absolute atomic E-state index is 12.3. The lowest BCUT2D eigenvalue weighted by Crippen LogP contribution is -2.39. The lowest BCUT2D eigenvalue weighted by molar-refractivity contribution is 0.0304. The summed E-state index contributed by atoms with van der Waals surface area (Å²) in [5.74, 6) is 0.0737. The molecule has 1 atom stereocenters. The van der Waals surface area contributed by atoms with E-state index in [-0.39, 0.29) is 17.3 Å². The van der Waals surface area contributed by atoms with Crippen LogP contribution in [0.1, 0.15) is 43.4 Å². The molecular weight excluding hydrogens is 300 g/mol. The maximum atomic E-state index is 12.3. The number of nitrogens with one attached hydrogen (secondary N) is 1. The minimum atomic E-state index is -3.30. The van der Waals surface area contributed by atoms with Crippen LogP contribution in [0.3, 0.4) is 0 Å². The van der Waals surface area contributed by atoms with E-state index in [2.05, 4.69) is 9.71 Å². The van der Waals surface area contributed by atoms with Crippen LogP contribution in [0.25, 0.3) is 0 Å². The zero-order valence-corrected chi connectivity index (χ0v) is 13.9. The molecule has 1 unspecified atom stereocenters. The van der Waals surface area contributed by atoms with Crippen molar-refractivity contribution in [1.82, 2.24) is 9.71 Å². The summed E-state index contributed by atoms with van der Waals surface area (Å²) < 4.78 is 32.9. The van der Waals surface area contributed by atoms with Crippen molar-refractivity contribution in [1.29, 1.82) is 0 Å². The molecule has 0 bridgehead atoms. The third kappa shape index (κ3) is 3.67. The van der Waals surface area contributed by atoms with Gasteiger partial charge in [0.2, 0.25) is 10.0 Å². The minimum Gasteiger partial charge on any atom is -0.377 e. The zero-order valence-electron chi connectivity index (χ0n) is 13.0. The fourth-order valence-corrected chi connectivity index (χ4v) is 4.55. The van der Waals surface area contributed by atoms with Crippen LogP contribution in [0, 0.1) is 6.92 Å². The molecule has 2 aliphatic rings. The molecule has 122 valence electrons. The second-order valence-electron chi connectivity index (χ2n) is 6.54. The Morgan fingerprint density at radius 1 is 1.41 bits per heavy atom. The summed E-state index contributed by atoms with van der Waals surface area (Å²) in [7, 11) is -3.30. The lowest BCUT2D eigenvalue weighted by Gasteiger charge is -2.23. The second-order valence-corrected chi connectivity index (χ2v) is 8.39. The highest BCUT2D eigenvalue weighted by Gasteiger charge is 2.47. The molecule has 5 nitrogen and oxygen atoms in total. The molecule has 0 aromatic carbocycles. The van der Waals surface area contributed by atoms with Gasteiger partial charge in [0.1, 0.15) is 0 Å². The van der Waals surface area contributed by atoms with Gasteiger partial charge in [0.15, 0.2) is 0 Å². The van der Waals surface area contributed by atoms with Crippen molar-refractivity contribution in [3.63, 3.8) is 0 Å². The van der Waals surface area contributed by atoms with Gasteiger partial charge in [-0.25, -0.2) is 13.1 Å². The highest BCUT2D eigenvalue weighted by Crippen LogP contribution is 2.47. The Balaban J connectivity index is 1.60. The Morgan fingerprint density at radius 2 is 2.23 bits per heavy atom. The van der Waals surface area contributed by atoms with Gasteiger partial charge < -0.3 is 4.74 Å². The number of hydrogen-bond acceptors (Lipinski definition) is 4. The lowest BCUT2D eigenvalue weighted by atomic mass is 9.98. The van der Waals surface area contributed by atoms with E-state index in [1.165, 1.54) is 0 Å². The topological polar surface area (TPSA) is 68.3 Å². The molecule has 1 aliphatic carbocycles. The highest BCUT2D eigenvalue weighted by molar-refractivity contribution is 7.89. The Labute approximate surface area is 132 Å². The smallest absolute Gasteiger partial charge is 0.214 e. The summed E-state index contributed by atoms with van der Waals surface area (Å²) in [4.78, 5) is 4.47. The first-order valence-corrected chi connectivity index (χ1v) is 9.67. The molecule has 0 spiro atoms. The largest absolute Gasteiger partial charge is 0.377 e. The molecule has 22 heavy (non-hydrogen) atoms. The Kier molecular flexibility index (Phi) is 4.52. The van der Waals surface area contributed by atoms with Gasteiger partial charge in [0.05, 0.1) is 17.6 Å². The van der Waals surface area contributed by atoms with Crippen molar-refractivity contribution in [2.45, 2.75) is 50.5 Å². The normalized spacial score (nSPS) is 24.1. The SMILES string of the molecule is Cc1cccnc1C1(CNS(=O)(=O)CC2CCCCO2)CC1. The predicted molar refractivity (Wildman–Crippen MR) is 85.3 cm³/mol. The summed E-state index contributed by atoms with van der Waals surface area (Å²) in [6.07, 6.45) is 6.54. The molecule has 1 saturated carbocycles. The van der Waals surface area contributed by atoms with E-state index < -0.39 is 10.0 Å². The maximum Gasteiger partial charge on any atom is 0.214 e. The van der Waals surface area contributed by atoms with Crippen molar-refractivity contribution in [3.8, 4) is 0 Å². The van der Waals surface area contributed by atoms with E-state index in [1.807, 2.05) is 19.1 Å². The van der Waals surface area contributed by atoms with E-state index in [1.54, 1.807) is 6.20 Å². The third-order valence-corrected chi connectivity index (χ3v) is 6.07. The average Bonchev–Trinajstić information content (AvgIpc) is 3.28. The summed E-state index contributed by atoms with van der Waals surface area (Å²) in [5, 5.41) is 0. The average molecular weight is 324 g/mol. The number of nitrogens with zero attached hydrogens (tertiary/aromatic N) is 1. The minimum absolute atomic E-state index is 0.0737. The van der Waals surface area contributed by atoms with Gasteiger partial charge >= 0.3 is 0 Å². The fraction of sp³-hybridized carbons (Fsp3) is 0.688. The van der Waals surface area contributed by atoms with Crippen LogP contribution in [0.4, 0.5) is 0 Å². The summed E-state index contributed by atoms with van der Waals surface area (Å²) >= 11 is 0. The summed E-state index contributed by atoms with van der Waals surface area (Å²) in [6, 6.07) is 3.95. The van der Waals surface area contributed by atoms with Gasteiger partial charge in [-0.15, -0.1) is 0 Å². The van der Waals surface area contributed by atoms with Crippen molar-refractivity contribution in [2.75, 3.05) is 18.9 Å². The first kappa shape index (κ1) is 15.9. The molecule has 3 rings (SSSR count). The number of aromatic nitrogens is 1. The van der Waals surface area contributed by atoms with Crippen molar-refractivity contribution in [2.24, 2.45) is 0 Å². The third-order valence-electron chi connectivity index (χ3n) is 4.68. The van der Waals surface area contributed by atoms with E-state index in [4.69, 9.17) is 4.74 Å². The van der Waals surface area contributed by atoms with E-state index in [9.17, 15) is 8.42 Å². The highest BCUT2D eigenvalue weighted by atomic mass is 32.2. The van der Waals surface area contributed by atoms with Gasteiger partial charge in [0, 0.05) is 24.8 Å². The molecule has 1 aromatic heterocycles. The van der Waals surface area contributed by atoms with Crippen LogP contribution >= 0.6 is 0 Å². The van der Waals surface area contributed by atoms with Crippen LogP contribution in [0.2, 0.25) is 0 Å². The van der Waals surface area contributed by atoms with Crippen LogP contribution in [0.5, 0.6) is 0 Å². The molecule has 0 amide bonds. The summed E-state index contributed by atoms with van der Waals surface area (Å²) in [5.41, 5.74) is 2.06. The molecule has 1 N–H and O–H groups in total. The molecular formula is C16H24N2O3S. The first-order chi connectivity index (χ1) is 10.5. The van der Waals surface area contributed by atoms with Crippen LogP contribution < -0.4 is 4.72 Å². The van der Waals surface area contributed by atoms with Crippen molar-refractivity contribution < 1.29 is 13.2 Å². The number of hydrogen-bond donors (Lipinski definition) is 1. The Hall–Kier alpha value is -0.980. The quantitative estimate of drug-likeness (QED) is 0.868. The Bertz CT molecular complexity index is 620. The monoisotopic (exact) mass is 324 g/mol. The number of aryl methyl sites for hydroxylation is 1. The predicted octanol–water partition coefficient (Wildman–Crippen LogP) is 1.91. The molecule has 1 saturated heterocycles. The first-order valence-electron chi connectivity index (χ1n) is 8.02. The Morgan fingerprint density at radius 3 is 2.86 bits per heavy atom. The second kappa shape index (κ2) is 6.26. The van der Waals surface area contributed by atoms with E-state index >= 15 is 0 Å². The number of sulfonamides is 1. The van der Waals surface area contributed by atoms with Crippen molar-refractivity contribution in [3.05, 3.63) is 29.6 Å². The van der Waals surface area contributed by atoms with Crippen LogP contribution in [-0.4, -0.2) is 38.4 Å². The molecule has 1 aromatic rings. The zero-order chi connectivity index (χ0) is 15.6. The fourth-order valence-electron chi connectivity index (χ4n) is 3.18. The van der Waals surface area contributed by atoms with Crippen molar-refractivity contribution >= 4 is 10.0 Å². The molecule has 2 fully saturated rings. The van der Waals surface area contributed by atoms with Gasteiger partial charge in [-0.3, -0.25) is 4.98 Å². The molecule has 6 heteroatoms. The number of rotatable bonds is 6. The van der Waals surface area contributed by atoms with E-state index in [0.29, 0.717) is 13.2 Å². The summed E-state index contributed by atoms with van der Waals surface area (Å²) in [6.45, 7) is 3.16.